The van der Waals surface area contributed by atoms with Gasteiger partial charge in [-0.25, -0.2) is 0 Å². The first-order chi connectivity index (χ1) is 9.08. The standard InChI is InChI=1S/C17H20O2/c1-6-8-15(13(4)11-18)16-10-14(7-2)17(19-5)9-12(16)3/h7-11H,2,4,6H2,1,3,5H3/b15-8-. The highest BCUT2D eigenvalue weighted by Crippen LogP contribution is 2.31. The highest BCUT2D eigenvalue weighted by atomic mass is 16.5. The monoisotopic (exact) mass is 256 g/mol. The molecule has 19 heavy (non-hydrogen) atoms. The second kappa shape index (κ2) is 6.74. The SMILES string of the molecule is C=Cc1cc(/C(=C\CC)C(=C)C=O)c(C)cc1OC. The van der Waals surface area contributed by atoms with Gasteiger partial charge in [0, 0.05) is 11.1 Å². The molecule has 2 nitrogen and oxygen atoms in total. The summed E-state index contributed by atoms with van der Waals surface area (Å²) >= 11 is 0. The number of methoxy groups -OCH3 is 1. The minimum Gasteiger partial charge on any atom is -0.496 e. The van der Waals surface area contributed by atoms with Crippen LogP contribution in [0.3, 0.4) is 0 Å². The van der Waals surface area contributed by atoms with Gasteiger partial charge in [-0.3, -0.25) is 4.79 Å². The van der Waals surface area contributed by atoms with Crippen molar-refractivity contribution in [1.82, 2.24) is 0 Å². The van der Waals surface area contributed by atoms with Crippen molar-refractivity contribution < 1.29 is 9.53 Å². The van der Waals surface area contributed by atoms with Crippen LogP contribution in [0.2, 0.25) is 0 Å². The summed E-state index contributed by atoms with van der Waals surface area (Å²) in [4.78, 5) is 11.0. The third-order valence-electron chi connectivity index (χ3n) is 2.98. The molecule has 0 radical (unpaired) electrons. The summed E-state index contributed by atoms with van der Waals surface area (Å²) in [6.45, 7) is 11.6. The van der Waals surface area contributed by atoms with Crippen molar-refractivity contribution >= 4 is 17.9 Å². The van der Waals surface area contributed by atoms with Gasteiger partial charge in [0.15, 0.2) is 0 Å². The van der Waals surface area contributed by atoms with E-state index < -0.39 is 0 Å². The number of aryl methyl sites for hydroxylation is 1. The molecule has 1 aromatic carbocycles. The molecule has 0 saturated heterocycles. The topological polar surface area (TPSA) is 26.3 Å². The largest absolute Gasteiger partial charge is 0.496 e. The molecule has 0 bridgehead atoms. The van der Waals surface area contributed by atoms with Crippen LogP contribution in [0.25, 0.3) is 11.6 Å². The normalized spacial score (nSPS) is 11.0. The lowest BCUT2D eigenvalue weighted by atomic mass is 9.92. The Hall–Kier alpha value is -2.09. The molecule has 0 fully saturated rings. The van der Waals surface area contributed by atoms with Crippen LogP contribution < -0.4 is 4.74 Å². The third kappa shape index (κ3) is 3.22. The van der Waals surface area contributed by atoms with Gasteiger partial charge in [-0.2, -0.15) is 0 Å². The Bertz CT molecular complexity index is 536. The van der Waals surface area contributed by atoms with Gasteiger partial charge in [0.05, 0.1) is 7.11 Å². The van der Waals surface area contributed by atoms with E-state index in [4.69, 9.17) is 4.74 Å². The predicted octanol–water partition coefficient (Wildman–Crippen LogP) is 4.20. The maximum Gasteiger partial charge on any atom is 0.150 e. The number of hydrogen-bond donors (Lipinski definition) is 0. The van der Waals surface area contributed by atoms with E-state index in [9.17, 15) is 4.79 Å². The van der Waals surface area contributed by atoms with Gasteiger partial charge < -0.3 is 4.74 Å². The van der Waals surface area contributed by atoms with Crippen LogP contribution in [0.4, 0.5) is 0 Å². The lowest BCUT2D eigenvalue weighted by molar-refractivity contribution is -0.104. The summed E-state index contributed by atoms with van der Waals surface area (Å²) in [7, 11) is 1.63. The first-order valence-electron chi connectivity index (χ1n) is 6.25. The number of allylic oxidation sites excluding steroid dienone is 3. The molecule has 0 unspecified atom stereocenters. The van der Waals surface area contributed by atoms with Gasteiger partial charge in [0.25, 0.3) is 0 Å². The number of carbonyl (C=O) groups excluding carboxylic acids is 1. The van der Waals surface area contributed by atoms with Gasteiger partial charge in [-0.05, 0) is 42.2 Å². The molecule has 0 N–H and O–H groups in total. The Morgan fingerprint density at radius 2 is 2.11 bits per heavy atom. The quantitative estimate of drug-likeness (QED) is 0.433. The highest BCUT2D eigenvalue weighted by Gasteiger charge is 2.11. The van der Waals surface area contributed by atoms with E-state index in [0.717, 1.165) is 40.7 Å². The summed E-state index contributed by atoms with van der Waals surface area (Å²) in [5.74, 6) is 0.781. The number of ether oxygens (including phenoxy) is 1. The molecular weight excluding hydrogens is 236 g/mol. The molecular formula is C17H20O2. The second-order valence-corrected chi connectivity index (χ2v) is 4.28. The second-order valence-electron chi connectivity index (χ2n) is 4.28. The van der Waals surface area contributed by atoms with Crippen molar-refractivity contribution in [1.29, 1.82) is 0 Å². The summed E-state index contributed by atoms with van der Waals surface area (Å²) in [6, 6.07) is 3.94. The molecule has 2 heteroatoms. The van der Waals surface area contributed by atoms with Gasteiger partial charge in [-0.15, -0.1) is 0 Å². The Balaban J connectivity index is 3.47. The molecule has 0 saturated carbocycles. The highest BCUT2D eigenvalue weighted by molar-refractivity contribution is 5.98. The van der Waals surface area contributed by atoms with E-state index >= 15 is 0 Å². The van der Waals surface area contributed by atoms with Crippen LogP contribution in [0.15, 0.2) is 36.9 Å². The minimum absolute atomic E-state index is 0.491. The van der Waals surface area contributed by atoms with Crippen molar-refractivity contribution in [2.75, 3.05) is 7.11 Å². The van der Waals surface area contributed by atoms with Gasteiger partial charge >= 0.3 is 0 Å². The zero-order chi connectivity index (χ0) is 14.4. The fourth-order valence-corrected chi connectivity index (χ4v) is 2.01. The first-order valence-corrected chi connectivity index (χ1v) is 6.25. The molecule has 0 aliphatic carbocycles. The van der Waals surface area contributed by atoms with Crippen molar-refractivity contribution in [2.24, 2.45) is 0 Å². The summed E-state index contributed by atoms with van der Waals surface area (Å²) in [5, 5.41) is 0. The fourth-order valence-electron chi connectivity index (χ4n) is 2.01. The number of rotatable bonds is 6. The van der Waals surface area contributed by atoms with Crippen LogP contribution in [-0.2, 0) is 4.79 Å². The van der Waals surface area contributed by atoms with Crippen molar-refractivity contribution in [3.05, 3.63) is 53.6 Å². The average Bonchev–Trinajstić information content (AvgIpc) is 2.44. The van der Waals surface area contributed by atoms with Gasteiger partial charge in [-0.1, -0.05) is 32.2 Å². The maximum atomic E-state index is 11.0. The first kappa shape index (κ1) is 15.0. The van der Waals surface area contributed by atoms with Crippen molar-refractivity contribution in [3.63, 3.8) is 0 Å². The minimum atomic E-state index is 0.491. The van der Waals surface area contributed by atoms with E-state index in [1.54, 1.807) is 13.2 Å². The summed E-state index contributed by atoms with van der Waals surface area (Å²) in [6.07, 6.45) is 5.39. The molecule has 0 aliphatic heterocycles. The van der Waals surface area contributed by atoms with Crippen molar-refractivity contribution in [3.8, 4) is 5.75 Å². The zero-order valence-electron chi connectivity index (χ0n) is 11.8. The van der Waals surface area contributed by atoms with Crippen LogP contribution >= 0.6 is 0 Å². The number of aldehydes is 1. The summed E-state index contributed by atoms with van der Waals surface area (Å²) in [5.41, 5.74) is 4.31. The third-order valence-corrected chi connectivity index (χ3v) is 2.98. The smallest absolute Gasteiger partial charge is 0.150 e. The number of benzene rings is 1. The Morgan fingerprint density at radius 3 is 2.58 bits per heavy atom. The Morgan fingerprint density at radius 1 is 1.42 bits per heavy atom. The van der Waals surface area contributed by atoms with Gasteiger partial charge in [0.1, 0.15) is 12.0 Å². The number of hydrogen-bond acceptors (Lipinski definition) is 2. The summed E-state index contributed by atoms with van der Waals surface area (Å²) < 4.78 is 5.32. The van der Waals surface area contributed by atoms with Crippen molar-refractivity contribution in [2.45, 2.75) is 20.3 Å². The maximum absolute atomic E-state index is 11.0. The zero-order valence-corrected chi connectivity index (χ0v) is 11.8. The molecule has 1 rings (SSSR count). The van der Waals surface area contributed by atoms with Crippen LogP contribution in [0, 0.1) is 6.92 Å². The molecule has 0 amide bonds. The van der Waals surface area contributed by atoms with E-state index in [0.29, 0.717) is 5.57 Å². The number of carbonyl (C=O) groups is 1. The molecule has 0 aliphatic rings. The van der Waals surface area contributed by atoms with Gasteiger partial charge in [0.2, 0.25) is 0 Å². The lowest BCUT2D eigenvalue weighted by Crippen LogP contribution is -1.97. The molecule has 0 aromatic heterocycles. The van der Waals surface area contributed by atoms with Crippen LogP contribution in [-0.4, -0.2) is 13.4 Å². The predicted molar refractivity (Wildman–Crippen MR) is 81.3 cm³/mol. The lowest BCUT2D eigenvalue weighted by Gasteiger charge is -2.14. The van der Waals surface area contributed by atoms with E-state index in [1.165, 1.54) is 0 Å². The average molecular weight is 256 g/mol. The molecule has 1 aromatic rings. The van der Waals surface area contributed by atoms with Crippen LogP contribution in [0.5, 0.6) is 5.75 Å². The van der Waals surface area contributed by atoms with Crippen LogP contribution in [0.1, 0.15) is 30.0 Å². The molecule has 0 heterocycles. The molecule has 0 atom stereocenters. The fraction of sp³-hybridized carbons (Fsp3) is 0.235. The molecule has 0 spiro atoms. The van der Waals surface area contributed by atoms with E-state index in [-0.39, 0.29) is 0 Å². The Kier molecular flexibility index (Phi) is 5.31. The molecule has 100 valence electrons. The Labute approximate surface area is 115 Å². The van der Waals surface area contributed by atoms with E-state index in [1.807, 2.05) is 32.1 Å². The van der Waals surface area contributed by atoms with E-state index in [2.05, 4.69) is 13.2 Å².